The monoisotopic (exact) mass is 478 g/mol. The Kier molecular flexibility index (Phi) is 11.7. The van der Waals surface area contributed by atoms with E-state index in [1.165, 1.54) is 44.5 Å². The van der Waals surface area contributed by atoms with Gasteiger partial charge in [-0.2, -0.15) is 11.3 Å². The molecule has 0 aliphatic carbocycles. The van der Waals surface area contributed by atoms with Crippen LogP contribution in [0, 0.1) is 5.92 Å². The minimum Gasteiger partial charge on any atom is -0.357 e. The van der Waals surface area contributed by atoms with Crippen molar-refractivity contribution in [2.45, 2.75) is 46.0 Å². The van der Waals surface area contributed by atoms with Crippen LogP contribution in [-0.4, -0.2) is 50.1 Å². The molecule has 1 aromatic heterocycles. The molecule has 2 rings (SSSR count). The number of nitrogens with zero attached hydrogens (tertiary/aromatic N) is 2. The molecule has 0 bridgehead atoms. The lowest BCUT2D eigenvalue weighted by Gasteiger charge is -2.32. The quantitative estimate of drug-likeness (QED) is 0.335. The second-order valence-corrected chi connectivity index (χ2v) is 7.62. The molecule has 1 aliphatic rings. The van der Waals surface area contributed by atoms with E-state index in [9.17, 15) is 0 Å². The predicted molar refractivity (Wildman–Crippen MR) is 122 cm³/mol. The summed E-state index contributed by atoms with van der Waals surface area (Å²) in [7, 11) is 0. The van der Waals surface area contributed by atoms with E-state index in [1.54, 1.807) is 11.3 Å². The number of aliphatic imine (C=N–C) groups is 1. The maximum absolute atomic E-state index is 4.79. The van der Waals surface area contributed by atoms with Crippen LogP contribution in [0.1, 0.15) is 51.5 Å². The fourth-order valence-corrected chi connectivity index (χ4v) is 3.98. The van der Waals surface area contributed by atoms with Crippen molar-refractivity contribution < 1.29 is 0 Å². The highest BCUT2D eigenvalue weighted by Gasteiger charge is 2.18. The second kappa shape index (κ2) is 12.9. The van der Waals surface area contributed by atoms with Crippen LogP contribution < -0.4 is 10.6 Å². The van der Waals surface area contributed by atoms with Crippen LogP contribution in [0.3, 0.4) is 0 Å². The summed E-state index contributed by atoms with van der Waals surface area (Å²) in [6, 6.07) is 2.20. The molecule has 2 N–H and O–H groups in total. The van der Waals surface area contributed by atoms with Crippen LogP contribution in [-0.2, 0) is 0 Å². The Balaban J connectivity index is 0.00000312. The Morgan fingerprint density at radius 2 is 2.08 bits per heavy atom. The van der Waals surface area contributed by atoms with Crippen molar-refractivity contribution in [3.05, 3.63) is 22.4 Å². The van der Waals surface area contributed by atoms with Gasteiger partial charge < -0.3 is 15.5 Å². The first-order valence-corrected chi connectivity index (χ1v) is 10.4. The Hall–Kier alpha value is -0.340. The molecule has 1 fully saturated rings. The molecule has 4 nitrogen and oxygen atoms in total. The van der Waals surface area contributed by atoms with Gasteiger partial charge in [0.25, 0.3) is 0 Å². The molecule has 144 valence electrons. The highest BCUT2D eigenvalue weighted by atomic mass is 127. The average molecular weight is 478 g/mol. The number of guanidine groups is 1. The molecule has 1 aliphatic heterocycles. The van der Waals surface area contributed by atoms with Crippen molar-refractivity contribution in [1.82, 2.24) is 15.5 Å². The van der Waals surface area contributed by atoms with Crippen molar-refractivity contribution in [3.63, 3.8) is 0 Å². The van der Waals surface area contributed by atoms with Gasteiger partial charge in [-0.25, -0.2) is 0 Å². The van der Waals surface area contributed by atoms with Gasteiger partial charge in [0.2, 0.25) is 0 Å². The van der Waals surface area contributed by atoms with Crippen molar-refractivity contribution in [3.8, 4) is 0 Å². The molecule has 1 saturated heterocycles. The number of hydrogen-bond donors (Lipinski definition) is 2. The number of nitrogens with one attached hydrogen (secondary N) is 2. The molecule has 0 amide bonds. The zero-order valence-electron chi connectivity index (χ0n) is 16.0. The van der Waals surface area contributed by atoms with Gasteiger partial charge in [0.15, 0.2) is 5.96 Å². The lowest BCUT2D eigenvalue weighted by Crippen LogP contribution is -2.43. The highest BCUT2D eigenvalue weighted by molar-refractivity contribution is 14.0. The van der Waals surface area contributed by atoms with Crippen LogP contribution in [0.4, 0.5) is 0 Å². The summed E-state index contributed by atoms with van der Waals surface area (Å²) in [6.45, 7) is 13.2. The molecule has 2 heterocycles. The zero-order valence-corrected chi connectivity index (χ0v) is 19.1. The Morgan fingerprint density at radius 3 is 2.68 bits per heavy atom. The van der Waals surface area contributed by atoms with Gasteiger partial charge in [-0.3, -0.25) is 4.99 Å². The zero-order chi connectivity index (χ0) is 17.2. The largest absolute Gasteiger partial charge is 0.357 e. The number of halogens is 1. The van der Waals surface area contributed by atoms with Gasteiger partial charge >= 0.3 is 0 Å². The Bertz CT molecular complexity index is 470. The van der Waals surface area contributed by atoms with Crippen molar-refractivity contribution in [2.75, 3.05) is 39.3 Å². The Morgan fingerprint density at radius 1 is 1.32 bits per heavy atom. The summed E-state index contributed by atoms with van der Waals surface area (Å²) in [6.07, 6.45) is 3.87. The van der Waals surface area contributed by atoms with Gasteiger partial charge in [0.05, 0.1) is 0 Å². The molecule has 1 unspecified atom stereocenters. The second-order valence-electron chi connectivity index (χ2n) is 6.84. The lowest BCUT2D eigenvalue weighted by atomic mass is 9.97. The first kappa shape index (κ1) is 22.7. The maximum Gasteiger partial charge on any atom is 0.191 e. The molecular weight excluding hydrogens is 443 g/mol. The van der Waals surface area contributed by atoms with Gasteiger partial charge in [0, 0.05) is 25.6 Å². The van der Waals surface area contributed by atoms with Crippen molar-refractivity contribution in [2.24, 2.45) is 10.9 Å². The van der Waals surface area contributed by atoms with Crippen molar-refractivity contribution >= 4 is 41.3 Å². The highest BCUT2D eigenvalue weighted by Crippen LogP contribution is 2.18. The van der Waals surface area contributed by atoms with Crippen LogP contribution >= 0.6 is 35.3 Å². The average Bonchev–Trinajstić information content (AvgIpc) is 3.13. The van der Waals surface area contributed by atoms with E-state index < -0.39 is 0 Å². The fourth-order valence-electron chi connectivity index (χ4n) is 3.20. The molecule has 25 heavy (non-hydrogen) atoms. The number of thiophene rings is 1. The normalized spacial score (nSPS) is 17.8. The first-order chi connectivity index (χ1) is 11.7. The molecule has 1 aromatic rings. The smallest absolute Gasteiger partial charge is 0.191 e. The molecule has 0 spiro atoms. The van der Waals surface area contributed by atoms with E-state index in [-0.39, 0.29) is 24.0 Å². The topological polar surface area (TPSA) is 39.7 Å². The SMILES string of the molecule is CCCN1CCC(CNC(=NCC(C)c2ccsc2)NCC)CC1.I. The molecule has 6 heteroatoms. The Labute approximate surface area is 174 Å². The fraction of sp³-hybridized carbons (Fsp3) is 0.737. The molecule has 1 atom stereocenters. The van der Waals surface area contributed by atoms with Crippen LogP contribution in [0.25, 0.3) is 0 Å². The number of hydrogen-bond acceptors (Lipinski definition) is 3. The van der Waals surface area contributed by atoms with Gasteiger partial charge in [-0.1, -0.05) is 13.8 Å². The minimum absolute atomic E-state index is 0. The van der Waals surface area contributed by atoms with Crippen molar-refractivity contribution in [1.29, 1.82) is 0 Å². The van der Waals surface area contributed by atoms with Gasteiger partial charge in [-0.05, 0) is 74.1 Å². The van der Waals surface area contributed by atoms with E-state index in [4.69, 9.17) is 4.99 Å². The third-order valence-electron chi connectivity index (χ3n) is 4.78. The van der Waals surface area contributed by atoms with E-state index in [2.05, 4.69) is 53.1 Å². The number of piperidine rings is 1. The standard InChI is InChI=1S/C19H34N4S.HI/c1-4-9-23-10-6-17(7-11-23)14-22-19(20-5-2)21-13-16(3)18-8-12-24-15-18;/h8,12,15-17H,4-7,9-11,13-14H2,1-3H3,(H2,20,21,22);1H. The van der Waals surface area contributed by atoms with E-state index in [0.29, 0.717) is 5.92 Å². The first-order valence-electron chi connectivity index (χ1n) is 9.49. The summed E-state index contributed by atoms with van der Waals surface area (Å²) in [5, 5.41) is 11.3. The van der Waals surface area contributed by atoms with E-state index in [0.717, 1.165) is 31.5 Å². The van der Waals surface area contributed by atoms with Crippen LogP contribution in [0.5, 0.6) is 0 Å². The van der Waals surface area contributed by atoms with Crippen LogP contribution in [0.2, 0.25) is 0 Å². The summed E-state index contributed by atoms with van der Waals surface area (Å²) in [5.41, 5.74) is 1.39. The van der Waals surface area contributed by atoms with E-state index >= 15 is 0 Å². The summed E-state index contributed by atoms with van der Waals surface area (Å²) in [5.74, 6) is 2.22. The van der Waals surface area contributed by atoms with Gasteiger partial charge in [-0.15, -0.1) is 24.0 Å². The summed E-state index contributed by atoms with van der Waals surface area (Å²) < 4.78 is 0. The molecule has 0 radical (unpaired) electrons. The summed E-state index contributed by atoms with van der Waals surface area (Å²) in [4.78, 5) is 7.38. The third-order valence-corrected chi connectivity index (χ3v) is 5.49. The minimum atomic E-state index is 0. The third kappa shape index (κ3) is 8.26. The number of likely N-dealkylation sites (tertiary alicyclic amines) is 1. The van der Waals surface area contributed by atoms with E-state index in [1.807, 2.05) is 0 Å². The lowest BCUT2D eigenvalue weighted by molar-refractivity contribution is 0.185. The molecule has 0 aromatic carbocycles. The summed E-state index contributed by atoms with van der Waals surface area (Å²) >= 11 is 1.76. The van der Waals surface area contributed by atoms with Gasteiger partial charge in [0.1, 0.15) is 0 Å². The molecule has 0 saturated carbocycles. The van der Waals surface area contributed by atoms with Crippen LogP contribution in [0.15, 0.2) is 21.8 Å². The number of rotatable bonds is 8. The predicted octanol–water partition coefficient (Wildman–Crippen LogP) is 4.15. The maximum atomic E-state index is 4.79. The molecular formula is C19H35IN4S.